The highest BCUT2D eigenvalue weighted by Gasteiger charge is 2.24. The Bertz CT molecular complexity index is 915. The number of nitrogens with one attached hydrogen (secondary N) is 1. The molecule has 1 N–H and O–H groups in total. The normalized spacial score (nSPS) is 15.0. The van der Waals surface area contributed by atoms with Crippen molar-refractivity contribution in [1.82, 2.24) is 15.3 Å². The van der Waals surface area contributed by atoms with Crippen LogP contribution in [0.2, 0.25) is 0 Å². The van der Waals surface area contributed by atoms with Crippen molar-refractivity contribution >= 4 is 34.8 Å². The number of hydrogen-bond donors (Lipinski definition) is 1. The van der Waals surface area contributed by atoms with E-state index in [2.05, 4.69) is 15.3 Å². The number of rotatable bonds is 8. The zero-order chi connectivity index (χ0) is 20.8. The highest BCUT2D eigenvalue weighted by molar-refractivity contribution is 8.18. The topological polar surface area (TPSA) is 93.7 Å². The number of carbonyl (C=O) groups is 2. The SMILES string of the molecule is CC(C)Oc1cc(N(C)CCOc2ccc(/C=C3\SC(=O)NC3=O)cc2)ncn1. The lowest BCUT2D eigenvalue weighted by Gasteiger charge is -2.19. The van der Waals surface area contributed by atoms with Gasteiger partial charge in [0.1, 0.15) is 24.5 Å². The molecule has 1 aliphatic heterocycles. The molecular weight excluding hydrogens is 392 g/mol. The standard InChI is InChI=1S/C20H22N4O4S/c1-13(2)28-18-11-17(21-12-22-18)24(3)8-9-27-15-6-4-14(5-7-15)10-16-19(25)23-20(26)29-16/h4-7,10-13H,8-9H2,1-3H3,(H,23,25,26)/b16-10-. The number of imide groups is 1. The molecular formula is C20H22N4O4S. The Morgan fingerprint density at radius 1 is 1.21 bits per heavy atom. The molecule has 0 unspecified atom stereocenters. The van der Waals surface area contributed by atoms with Crippen LogP contribution in [0.3, 0.4) is 0 Å². The number of hydrogen-bond acceptors (Lipinski definition) is 8. The molecule has 0 bridgehead atoms. The van der Waals surface area contributed by atoms with Crippen LogP contribution in [-0.4, -0.2) is 47.4 Å². The lowest BCUT2D eigenvalue weighted by Crippen LogP contribution is -2.24. The minimum atomic E-state index is -0.366. The van der Waals surface area contributed by atoms with Gasteiger partial charge in [0, 0.05) is 13.1 Å². The van der Waals surface area contributed by atoms with Gasteiger partial charge in [0.15, 0.2) is 0 Å². The fourth-order valence-corrected chi connectivity index (χ4v) is 3.17. The van der Waals surface area contributed by atoms with E-state index in [1.807, 2.05) is 50.1 Å². The second-order valence-corrected chi connectivity index (χ2v) is 7.59. The van der Waals surface area contributed by atoms with E-state index in [1.54, 1.807) is 12.1 Å². The highest BCUT2D eigenvalue weighted by Crippen LogP contribution is 2.26. The second kappa shape index (κ2) is 9.42. The molecule has 1 saturated heterocycles. The van der Waals surface area contributed by atoms with Crippen LogP contribution >= 0.6 is 11.8 Å². The van der Waals surface area contributed by atoms with E-state index in [1.165, 1.54) is 6.33 Å². The maximum atomic E-state index is 11.6. The second-order valence-electron chi connectivity index (χ2n) is 6.57. The van der Waals surface area contributed by atoms with Gasteiger partial charge < -0.3 is 14.4 Å². The van der Waals surface area contributed by atoms with Crippen molar-refractivity contribution in [3.05, 3.63) is 47.1 Å². The average molecular weight is 414 g/mol. The zero-order valence-electron chi connectivity index (χ0n) is 16.4. The molecule has 2 heterocycles. The molecule has 29 heavy (non-hydrogen) atoms. The first kappa shape index (κ1) is 20.7. The first-order valence-corrected chi connectivity index (χ1v) is 9.90. The van der Waals surface area contributed by atoms with Crippen LogP contribution < -0.4 is 19.7 Å². The summed E-state index contributed by atoms with van der Waals surface area (Å²) >= 11 is 0.897. The summed E-state index contributed by atoms with van der Waals surface area (Å²) in [7, 11) is 1.92. The molecule has 152 valence electrons. The number of likely N-dealkylation sites (N-methyl/N-ethyl adjacent to an activating group) is 1. The van der Waals surface area contributed by atoms with Crippen molar-refractivity contribution in [2.24, 2.45) is 0 Å². The van der Waals surface area contributed by atoms with E-state index in [9.17, 15) is 9.59 Å². The Balaban J connectivity index is 1.51. The van der Waals surface area contributed by atoms with Gasteiger partial charge in [-0.25, -0.2) is 9.97 Å². The van der Waals surface area contributed by atoms with E-state index >= 15 is 0 Å². The smallest absolute Gasteiger partial charge is 0.290 e. The number of aromatic nitrogens is 2. The van der Waals surface area contributed by atoms with E-state index in [4.69, 9.17) is 9.47 Å². The predicted octanol–water partition coefficient (Wildman–Crippen LogP) is 3.10. The van der Waals surface area contributed by atoms with Gasteiger partial charge in [-0.1, -0.05) is 12.1 Å². The third-order valence-corrected chi connectivity index (χ3v) is 4.70. The number of benzene rings is 1. The van der Waals surface area contributed by atoms with Crippen molar-refractivity contribution in [1.29, 1.82) is 0 Å². The van der Waals surface area contributed by atoms with Crippen molar-refractivity contribution in [2.45, 2.75) is 20.0 Å². The molecule has 1 aromatic heterocycles. The predicted molar refractivity (Wildman–Crippen MR) is 112 cm³/mol. The van der Waals surface area contributed by atoms with Gasteiger partial charge in [0.2, 0.25) is 5.88 Å². The lowest BCUT2D eigenvalue weighted by atomic mass is 10.2. The molecule has 0 spiro atoms. The van der Waals surface area contributed by atoms with Gasteiger partial charge >= 0.3 is 0 Å². The molecule has 8 nitrogen and oxygen atoms in total. The largest absolute Gasteiger partial charge is 0.492 e. The van der Waals surface area contributed by atoms with E-state index < -0.39 is 0 Å². The van der Waals surface area contributed by atoms with Crippen LogP contribution in [0, 0.1) is 0 Å². The molecule has 0 radical (unpaired) electrons. The number of nitrogens with zero attached hydrogens (tertiary/aromatic N) is 3. The van der Waals surface area contributed by atoms with Crippen molar-refractivity contribution < 1.29 is 19.1 Å². The minimum Gasteiger partial charge on any atom is -0.492 e. The lowest BCUT2D eigenvalue weighted by molar-refractivity contribution is -0.115. The molecule has 1 aliphatic rings. The quantitative estimate of drug-likeness (QED) is 0.659. The molecule has 2 aromatic rings. The van der Waals surface area contributed by atoms with Crippen molar-refractivity contribution in [2.75, 3.05) is 25.1 Å². The van der Waals surface area contributed by atoms with Gasteiger partial charge in [-0.2, -0.15) is 0 Å². The van der Waals surface area contributed by atoms with Crippen LogP contribution in [0.5, 0.6) is 11.6 Å². The fraction of sp³-hybridized carbons (Fsp3) is 0.300. The molecule has 9 heteroatoms. The molecule has 2 amide bonds. The first-order valence-electron chi connectivity index (χ1n) is 9.08. The van der Waals surface area contributed by atoms with E-state index in [0.717, 1.165) is 23.1 Å². The van der Waals surface area contributed by atoms with Gasteiger partial charge in [-0.15, -0.1) is 0 Å². The summed E-state index contributed by atoms with van der Waals surface area (Å²) in [6, 6.07) is 9.12. The van der Waals surface area contributed by atoms with E-state index in [-0.39, 0.29) is 17.3 Å². The minimum absolute atomic E-state index is 0.0483. The maximum Gasteiger partial charge on any atom is 0.290 e. The fourth-order valence-electron chi connectivity index (χ4n) is 2.49. The average Bonchev–Trinajstić information content (AvgIpc) is 2.99. The number of carbonyl (C=O) groups excluding carboxylic acids is 2. The summed E-state index contributed by atoms with van der Waals surface area (Å²) < 4.78 is 11.4. The molecule has 0 aliphatic carbocycles. The third-order valence-electron chi connectivity index (χ3n) is 3.89. The highest BCUT2D eigenvalue weighted by atomic mass is 32.2. The summed E-state index contributed by atoms with van der Waals surface area (Å²) in [5.41, 5.74) is 0.820. The summed E-state index contributed by atoms with van der Waals surface area (Å²) in [5, 5.41) is 1.88. The van der Waals surface area contributed by atoms with Crippen molar-refractivity contribution in [3.8, 4) is 11.6 Å². The Morgan fingerprint density at radius 3 is 2.62 bits per heavy atom. The van der Waals surface area contributed by atoms with Crippen LogP contribution in [0.1, 0.15) is 19.4 Å². The molecule has 1 aromatic carbocycles. The van der Waals surface area contributed by atoms with Gasteiger partial charge in [-0.05, 0) is 49.4 Å². The summed E-state index contributed by atoms with van der Waals surface area (Å²) in [5.74, 6) is 1.64. The van der Waals surface area contributed by atoms with Crippen LogP contribution in [0.25, 0.3) is 6.08 Å². The number of anilines is 1. The zero-order valence-corrected chi connectivity index (χ0v) is 17.2. The molecule has 1 fully saturated rings. The van der Waals surface area contributed by atoms with Gasteiger partial charge in [0.05, 0.1) is 17.6 Å². The van der Waals surface area contributed by atoms with Gasteiger partial charge in [0.25, 0.3) is 11.1 Å². The number of ether oxygens (including phenoxy) is 2. The van der Waals surface area contributed by atoms with Crippen LogP contribution in [0.4, 0.5) is 10.6 Å². The van der Waals surface area contributed by atoms with Crippen LogP contribution in [0.15, 0.2) is 41.6 Å². The number of thioether (sulfide) groups is 1. The Morgan fingerprint density at radius 2 is 1.97 bits per heavy atom. The Labute approximate surface area is 173 Å². The summed E-state index contributed by atoms with van der Waals surface area (Å²) in [4.78, 5) is 33.5. The molecule has 0 saturated carbocycles. The molecule has 0 atom stereocenters. The van der Waals surface area contributed by atoms with Gasteiger partial charge in [-0.3, -0.25) is 14.9 Å². The summed E-state index contributed by atoms with van der Waals surface area (Å²) in [6.07, 6.45) is 3.20. The first-order chi connectivity index (χ1) is 13.9. The number of amides is 2. The van der Waals surface area contributed by atoms with E-state index in [0.29, 0.717) is 29.7 Å². The summed E-state index contributed by atoms with van der Waals surface area (Å²) in [6.45, 7) is 4.99. The Kier molecular flexibility index (Phi) is 6.71. The molecule has 3 rings (SSSR count). The Hall–Kier alpha value is -3.07. The monoisotopic (exact) mass is 414 g/mol. The van der Waals surface area contributed by atoms with Crippen molar-refractivity contribution in [3.63, 3.8) is 0 Å². The maximum absolute atomic E-state index is 11.6. The third kappa shape index (κ3) is 5.95. The van der Waals surface area contributed by atoms with Crippen LogP contribution in [-0.2, 0) is 4.79 Å².